The van der Waals surface area contributed by atoms with Crippen LogP contribution < -0.4 is 5.32 Å². The Labute approximate surface area is 116 Å². The van der Waals surface area contributed by atoms with Crippen LogP contribution in [0.15, 0.2) is 0 Å². The number of nitrogens with zero attached hydrogens (tertiary/aromatic N) is 1. The number of carboxylic acids is 1. The zero-order valence-electron chi connectivity index (χ0n) is 12.4. The second kappa shape index (κ2) is 7.82. The molecule has 0 radical (unpaired) electrons. The zero-order chi connectivity index (χ0) is 14.3. The number of carbonyl (C=O) groups is 1. The molecule has 5 nitrogen and oxygen atoms in total. The molecule has 1 rings (SSSR count). The molecule has 1 aliphatic rings. The third-order valence-electron chi connectivity index (χ3n) is 4.11. The van der Waals surface area contributed by atoms with Crippen molar-refractivity contribution in [3.05, 3.63) is 0 Å². The van der Waals surface area contributed by atoms with Gasteiger partial charge in [0.05, 0.1) is 6.10 Å². The lowest BCUT2D eigenvalue weighted by Crippen LogP contribution is -2.58. The SMILES string of the molecule is CCC1CC(NCCN(CC)CC)(C(=O)O)CCO1. The Hall–Kier alpha value is -0.650. The maximum absolute atomic E-state index is 11.6. The van der Waals surface area contributed by atoms with E-state index >= 15 is 0 Å². The molecular weight excluding hydrogens is 244 g/mol. The highest BCUT2D eigenvalue weighted by Gasteiger charge is 2.42. The van der Waals surface area contributed by atoms with Gasteiger partial charge in [0.2, 0.25) is 0 Å². The van der Waals surface area contributed by atoms with Gasteiger partial charge in [-0.25, -0.2) is 0 Å². The van der Waals surface area contributed by atoms with Gasteiger partial charge in [-0.3, -0.25) is 4.79 Å². The van der Waals surface area contributed by atoms with Gasteiger partial charge in [-0.2, -0.15) is 0 Å². The third kappa shape index (κ3) is 4.44. The molecule has 19 heavy (non-hydrogen) atoms. The maximum atomic E-state index is 11.6. The van der Waals surface area contributed by atoms with E-state index < -0.39 is 11.5 Å². The minimum Gasteiger partial charge on any atom is -0.480 e. The number of hydrogen-bond donors (Lipinski definition) is 2. The second-order valence-corrected chi connectivity index (χ2v) is 5.20. The van der Waals surface area contributed by atoms with Crippen molar-refractivity contribution in [2.45, 2.75) is 51.7 Å². The van der Waals surface area contributed by atoms with Crippen molar-refractivity contribution < 1.29 is 14.6 Å². The maximum Gasteiger partial charge on any atom is 0.324 e. The third-order valence-corrected chi connectivity index (χ3v) is 4.11. The normalized spacial score (nSPS) is 27.7. The molecule has 1 fully saturated rings. The van der Waals surface area contributed by atoms with E-state index in [2.05, 4.69) is 24.1 Å². The first-order valence-electron chi connectivity index (χ1n) is 7.40. The van der Waals surface area contributed by atoms with Gasteiger partial charge < -0.3 is 20.1 Å². The largest absolute Gasteiger partial charge is 0.480 e. The molecule has 0 aliphatic carbocycles. The zero-order valence-corrected chi connectivity index (χ0v) is 12.4. The molecule has 0 saturated carbocycles. The summed E-state index contributed by atoms with van der Waals surface area (Å²) in [6.07, 6.45) is 2.05. The fourth-order valence-corrected chi connectivity index (χ4v) is 2.64. The molecule has 1 aliphatic heterocycles. The van der Waals surface area contributed by atoms with Crippen LogP contribution in [0.2, 0.25) is 0 Å². The van der Waals surface area contributed by atoms with E-state index in [0.29, 0.717) is 26.0 Å². The molecule has 1 saturated heterocycles. The van der Waals surface area contributed by atoms with Gasteiger partial charge in [-0.1, -0.05) is 20.8 Å². The lowest BCUT2D eigenvalue weighted by Gasteiger charge is -2.38. The summed E-state index contributed by atoms with van der Waals surface area (Å²) in [5, 5.41) is 12.8. The number of ether oxygens (including phenoxy) is 1. The lowest BCUT2D eigenvalue weighted by molar-refractivity contribution is -0.152. The Morgan fingerprint density at radius 1 is 1.42 bits per heavy atom. The highest BCUT2D eigenvalue weighted by molar-refractivity contribution is 5.79. The van der Waals surface area contributed by atoms with Crippen LogP contribution in [0, 0.1) is 0 Å². The molecule has 0 aromatic heterocycles. The first-order valence-corrected chi connectivity index (χ1v) is 7.40. The fourth-order valence-electron chi connectivity index (χ4n) is 2.64. The predicted octanol–water partition coefficient (Wildman–Crippen LogP) is 1.33. The van der Waals surface area contributed by atoms with Crippen molar-refractivity contribution >= 4 is 5.97 Å². The van der Waals surface area contributed by atoms with Crippen LogP contribution in [-0.4, -0.2) is 60.4 Å². The van der Waals surface area contributed by atoms with E-state index in [9.17, 15) is 9.90 Å². The van der Waals surface area contributed by atoms with Gasteiger partial charge in [-0.05, 0) is 25.9 Å². The van der Waals surface area contributed by atoms with Crippen molar-refractivity contribution in [1.29, 1.82) is 0 Å². The fraction of sp³-hybridized carbons (Fsp3) is 0.929. The summed E-state index contributed by atoms with van der Waals surface area (Å²) in [6.45, 7) is 10.4. The first-order chi connectivity index (χ1) is 9.07. The van der Waals surface area contributed by atoms with Crippen molar-refractivity contribution in [3.8, 4) is 0 Å². The molecular formula is C14H28N2O3. The molecule has 0 aromatic rings. The summed E-state index contributed by atoms with van der Waals surface area (Å²) in [6, 6.07) is 0. The standard InChI is InChI=1S/C14H28N2O3/c1-4-12-11-14(13(17)18,7-10-19-12)15-8-9-16(5-2)6-3/h12,15H,4-11H2,1-3H3,(H,17,18). The number of rotatable bonds is 8. The highest BCUT2D eigenvalue weighted by Crippen LogP contribution is 2.26. The Kier molecular flexibility index (Phi) is 6.75. The van der Waals surface area contributed by atoms with E-state index in [-0.39, 0.29) is 6.10 Å². The summed E-state index contributed by atoms with van der Waals surface area (Å²) in [4.78, 5) is 13.9. The summed E-state index contributed by atoms with van der Waals surface area (Å²) >= 11 is 0. The summed E-state index contributed by atoms with van der Waals surface area (Å²) in [5.41, 5.74) is -0.800. The quantitative estimate of drug-likeness (QED) is 0.698. The van der Waals surface area contributed by atoms with Crippen LogP contribution in [0.4, 0.5) is 0 Å². The Morgan fingerprint density at radius 3 is 2.63 bits per heavy atom. The molecule has 0 spiro atoms. The summed E-state index contributed by atoms with van der Waals surface area (Å²) in [5.74, 6) is -0.742. The van der Waals surface area contributed by atoms with Crippen LogP contribution >= 0.6 is 0 Å². The van der Waals surface area contributed by atoms with Crippen molar-refractivity contribution in [3.63, 3.8) is 0 Å². The van der Waals surface area contributed by atoms with Crippen LogP contribution in [0.1, 0.15) is 40.0 Å². The Balaban J connectivity index is 2.54. The van der Waals surface area contributed by atoms with Crippen LogP contribution in [0.25, 0.3) is 0 Å². The number of likely N-dealkylation sites (N-methyl/N-ethyl adjacent to an activating group) is 1. The lowest BCUT2D eigenvalue weighted by atomic mass is 9.85. The van der Waals surface area contributed by atoms with Gasteiger partial charge in [0.15, 0.2) is 0 Å². The van der Waals surface area contributed by atoms with Gasteiger partial charge in [-0.15, -0.1) is 0 Å². The van der Waals surface area contributed by atoms with E-state index in [1.165, 1.54) is 0 Å². The number of aliphatic carboxylic acids is 1. The molecule has 0 bridgehead atoms. The molecule has 2 N–H and O–H groups in total. The predicted molar refractivity (Wildman–Crippen MR) is 75.4 cm³/mol. The van der Waals surface area contributed by atoms with E-state index in [4.69, 9.17) is 4.74 Å². The molecule has 2 atom stereocenters. The smallest absolute Gasteiger partial charge is 0.324 e. The van der Waals surface area contributed by atoms with Gasteiger partial charge in [0, 0.05) is 26.1 Å². The highest BCUT2D eigenvalue weighted by atomic mass is 16.5. The Bertz CT molecular complexity index is 282. The van der Waals surface area contributed by atoms with Gasteiger partial charge >= 0.3 is 5.97 Å². The van der Waals surface area contributed by atoms with Gasteiger partial charge in [0.25, 0.3) is 0 Å². The first kappa shape index (κ1) is 16.4. The molecule has 1 heterocycles. The monoisotopic (exact) mass is 272 g/mol. The van der Waals surface area contributed by atoms with Crippen LogP contribution in [-0.2, 0) is 9.53 Å². The molecule has 5 heteroatoms. The summed E-state index contributed by atoms with van der Waals surface area (Å²) in [7, 11) is 0. The topological polar surface area (TPSA) is 61.8 Å². The van der Waals surface area contributed by atoms with Crippen LogP contribution in [0.3, 0.4) is 0 Å². The van der Waals surface area contributed by atoms with E-state index in [0.717, 1.165) is 26.1 Å². The average molecular weight is 272 g/mol. The van der Waals surface area contributed by atoms with Crippen LogP contribution in [0.5, 0.6) is 0 Å². The van der Waals surface area contributed by atoms with Crippen molar-refractivity contribution in [2.75, 3.05) is 32.8 Å². The van der Waals surface area contributed by atoms with Gasteiger partial charge in [0.1, 0.15) is 5.54 Å². The number of hydrogen-bond acceptors (Lipinski definition) is 4. The van der Waals surface area contributed by atoms with Crippen molar-refractivity contribution in [1.82, 2.24) is 10.2 Å². The molecule has 112 valence electrons. The molecule has 2 unspecified atom stereocenters. The van der Waals surface area contributed by atoms with Crippen molar-refractivity contribution in [2.24, 2.45) is 0 Å². The number of nitrogens with one attached hydrogen (secondary N) is 1. The average Bonchev–Trinajstić information content (AvgIpc) is 2.43. The second-order valence-electron chi connectivity index (χ2n) is 5.20. The molecule has 0 amide bonds. The summed E-state index contributed by atoms with van der Waals surface area (Å²) < 4.78 is 5.59. The van der Waals surface area contributed by atoms with E-state index in [1.807, 2.05) is 6.92 Å². The van der Waals surface area contributed by atoms with E-state index in [1.54, 1.807) is 0 Å². The minimum absolute atomic E-state index is 0.0609. The molecule has 0 aromatic carbocycles. The number of carboxylic acid groups (broad SMARTS) is 1. The Morgan fingerprint density at radius 2 is 2.11 bits per heavy atom. The minimum atomic E-state index is -0.800.